The number of nitrogens with two attached hydrogens (primary N) is 1. The van der Waals surface area contributed by atoms with Crippen LogP contribution in [0.3, 0.4) is 0 Å². The Hall–Kier alpha value is -2.81. The third-order valence-electron chi connectivity index (χ3n) is 3.67. The Morgan fingerprint density at radius 2 is 1.58 bits per heavy atom. The minimum absolute atomic E-state index is 0.0937. The number of benzene rings is 1. The van der Waals surface area contributed by atoms with Crippen molar-refractivity contribution >= 4 is 17.7 Å². The van der Waals surface area contributed by atoms with Gasteiger partial charge in [0.1, 0.15) is 11.5 Å². The molecule has 0 atom stereocenters. The van der Waals surface area contributed by atoms with Gasteiger partial charge in [0.25, 0.3) is 5.91 Å². The van der Waals surface area contributed by atoms with E-state index >= 15 is 0 Å². The molecule has 3 amide bonds. The van der Waals surface area contributed by atoms with E-state index in [-0.39, 0.29) is 25.6 Å². The summed E-state index contributed by atoms with van der Waals surface area (Å²) in [5.41, 5.74) is 1.80. The van der Waals surface area contributed by atoms with Gasteiger partial charge in [-0.25, -0.2) is 5.84 Å². The van der Waals surface area contributed by atoms with Crippen molar-refractivity contribution in [2.75, 3.05) is 39.9 Å². The fourth-order valence-electron chi connectivity index (χ4n) is 2.27. The number of amides is 3. The molecule has 1 aromatic rings. The van der Waals surface area contributed by atoms with Crippen molar-refractivity contribution in [2.24, 2.45) is 5.84 Å². The summed E-state index contributed by atoms with van der Waals surface area (Å²) in [5.74, 6) is 4.47. The van der Waals surface area contributed by atoms with Crippen molar-refractivity contribution in [1.82, 2.24) is 15.2 Å². The van der Waals surface area contributed by atoms with Crippen LogP contribution < -0.4 is 20.7 Å². The number of rotatable bonds is 4. The highest BCUT2D eigenvalue weighted by Crippen LogP contribution is 2.17. The summed E-state index contributed by atoms with van der Waals surface area (Å²) in [6.45, 7) is 1.15. The lowest BCUT2D eigenvalue weighted by Gasteiger charge is -2.34. The van der Waals surface area contributed by atoms with Crippen molar-refractivity contribution in [3.05, 3.63) is 24.3 Å². The van der Waals surface area contributed by atoms with E-state index in [1.54, 1.807) is 41.7 Å². The Labute approximate surface area is 139 Å². The number of hydrazine groups is 1. The quantitative estimate of drug-likeness (QED) is 0.307. The van der Waals surface area contributed by atoms with Crippen LogP contribution in [0.25, 0.3) is 0 Å². The molecule has 1 aliphatic rings. The molecule has 9 nitrogen and oxygen atoms in total. The zero-order valence-electron chi connectivity index (χ0n) is 13.4. The van der Waals surface area contributed by atoms with Crippen LogP contribution in [-0.2, 0) is 14.4 Å². The second kappa shape index (κ2) is 8.16. The van der Waals surface area contributed by atoms with Gasteiger partial charge in [-0.2, -0.15) is 0 Å². The van der Waals surface area contributed by atoms with E-state index in [2.05, 4.69) is 0 Å². The topological polar surface area (TPSA) is 114 Å². The average molecular weight is 336 g/mol. The predicted molar refractivity (Wildman–Crippen MR) is 84.0 cm³/mol. The van der Waals surface area contributed by atoms with E-state index in [4.69, 9.17) is 15.3 Å². The van der Waals surface area contributed by atoms with E-state index in [0.717, 1.165) is 0 Å². The van der Waals surface area contributed by atoms with Gasteiger partial charge in [0.05, 0.1) is 7.11 Å². The van der Waals surface area contributed by atoms with Crippen molar-refractivity contribution in [1.29, 1.82) is 0 Å². The number of ether oxygens (including phenoxy) is 2. The molecule has 1 fully saturated rings. The van der Waals surface area contributed by atoms with Crippen LogP contribution in [0.5, 0.6) is 11.5 Å². The number of carbonyl (C=O) groups is 3. The summed E-state index contributed by atoms with van der Waals surface area (Å²) in [7, 11) is 1.57. The third kappa shape index (κ3) is 4.35. The molecule has 0 aliphatic carbocycles. The van der Waals surface area contributed by atoms with E-state index in [1.807, 2.05) is 0 Å². The summed E-state index contributed by atoms with van der Waals surface area (Å²) < 4.78 is 10.5. The molecule has 1 heterocycles. The molecule has 1 aliphatic heterocycles. The minimum Gasteiger partial charge on any atom is -0.497 e. The summed E-state index contributed by atoms with van der Waals surface area (Å²) >= 11 is 0. The van der Waals surface area contributed by atoms with Crippen LogP contribution in [0.15, 0.2) is 24.3 Å². The Balaban J connectivity index is 1.78. The second-order valence-electron chi connectivity index (χ2n) is 5.11. The Kier molecular flexibility index (Phi) is 5.96. The SMILES string of the molecule is COc1ccc(OCC(=O)N2CCN(C(=O)C(=O)NN)CC2)cc1. The Morgan fingerprint density at radius 3 is 2.12 bits per heavy atom. The van der Waals surface area contributed by atoms with Crippen molar-refractivity contribution in [2.45, 2.75) is 0 Å². The van der Waals surface area contributed by atoms with Crippen LogP contribution in [0.2, 0.25) is 0 Å². The maximum Gasteiger partial charge on any atom is 0.323 e. The number of nitrogens with zero attached hydrogens (tertiary/aromatic N) is 2. The van der Waals surface area contributed by atoms with E-state index in [0.29, 0.717) is 24.6 Å². The first kappa shape index (κ1) is 17.5. The average Bonchev–Trinajstić information content (AvgIpc) is 2.65. The van der Waals surface area contributed by atoms with Crippen LogP contribution in [-0.4, -0.2) is 67.4 Å². The molecular weight excluding hydrogens is 316 g/mol. The number of hydrogen-bond donors (Lipinski definition) is 2. The van der Waals surface area contributed by atoms with Gasteiger partial charge < -0.3 is 19.3 Å². The highest BCUT2D eigenvalue weighted by Gasteiger charge is 2.27. The van der Waals surface area contributed by atoms with Crippen LogP contribution in [0.1, 0.15) is 0 Å². The molecule has 3 N–H and O–H groups in total. The lowest BCUT2D eigenvalue weighted by Crippen LogP contribution is -2.55. The number of methoxy groups -OCH3 is 1. The molecule has 0 unspecified atom stereocenters. The first-order valence-corrected chi connectivity index (χ1v) is 7.39. The first-order chi connectivity index (χ1) is 11.5. The van der Waals surface area contributed by atoms with Gasteiger partial charge in [0, 0.05) is 26.2 Å². The molecule has 1 saturated heterocycles. The molecular formula is C15H20N4O5. The van der Waals surface area contributed by atoms with Gasteiger partial charge in [-0.3, -0.25) is 19.8 Å². The molecule has 0 saturated carbocycles. The maximum atomic E-state index is 12.1. The molecule has 9 heteroatoms. The lowest BCUT2D eigenvalue weighted by molar-refractivity contribution is -0.148. The largest absolute Gasteiger partial charge is 0.497 e. The normalized spacial score (nSPS) is 14.1. The number of piperazine rings is 1. The summed E-state index contributed by atoms with van der Waals surface area (Å²) in [4.78, 5) is 37.9. The van der Waals surface area contributed by atoms with Crippen LogP contribution in [0, 0.1) is 0 Å². The highest BCUT2D eigenvalue weighted by atomic mass is 16.5. The number of hydrogen-bond acceptors (Lipinski definition) is 6. The fraction of sp³-hybridized carbons (Fsp3) is 0.400. The van der Waals surface area contributed by atoms with Gasteiger partial charge in [-0.05, 0) is 24.3 Å². The van der Waals surface area contributed by atoms with Crippen molar-refractivity contribution in [3.63, 3.8) is 0 Å². The first-order valence-electron chi connectivity index (χ1n) is 7.39. The number of nitrogens with one attached hydrogen (secondary N) is 1. The standard InChI is InChI=1S/C15H20N4O5/c1-23-11-2-4-12(5-3-11)24-10-13(20)18-6-8-19(9-7-18)15(22)14(21)17-16/h2-5H,6-10,16H2,1H3,(H,17,21). The summed E-state index contributed by atoms with van der Waals surface area (Å²) in [6.07, 6.45) is 0. The molecule has 0 aromatic heterocycles. The molecule has 0 bridgehead atoms. The van der Waals surface area contributed by atoms with Crippen molar-refractivity contribution in [3.8, 4) is 11.5 Å². The molecule has 2 rings (SSSR count). The van der Waals surface area contributed by atoms with Crippen molar-refractivity contribution < 1.29 is 23.9 Å². The molecule has 130 valence electrons. The summed E-state index contributed by atoms with van der Waals surface area (Å²) in [5, 5.41) is 0. The predicted octanol–water partition coefficient (Wildman–Crippen LogP) is -1.27. The number of carbonyl (C=O) groups excluding carboxylic acids is 3. The van der Waals surface area contributed by atoms with E-state index in [9.17, 15) is 14.4 Å². The summed E-state index contributed by atoms with van der Waals surface area (Å²) in [6, 6.07) is 6.92. The monoisotopic (exact) mass is 336 g/mol. The minimum atomic E-state index is -0.863. The Morgan fingerprint density at radius 1 is 1.04 bits per heavy atom. The van der Waals surface area contributed by atoms with Gasteiger partial charge in [-0.15, -0.1) is 0 Å². The van der Waals surface area contributed by atoms with E-state index in [1.165, 1.54) is 4.90 Å². The van der Waals surface area contributed by atoms with Gasteiger partial charge in [0.15, 0.2) is 6.61 Å². The molecule has 24 heavy (non-hydrogen) atoms. The van der Waals surface area contributed by atoms with E-state index < -0.39 is 11.8 Å². The molecule has 1 aromatic carbocycles. The fourth-order valence-corrected chi connectivity index (χ4v) is 2.27. The third-order valence-corrected chi connectivity index (χ3v) is 3.67. The lowest BCUT2D eigenvalue weighted by atomic mass is 10.3. The Bertz CT molecular complexity index is 596. The van der Waals surface area contributed by atoms with Gasteiger partial charge in [-0.1, -0.05) is 0 Å². The molecule has 0 spiro atoms. The zero-order chi connectivity index (χ0) is 17.5. The highest BCUT2D eigenvalue weighted by molar-refractivity contribution is 6.34. The van der Waals surface area contributed by atoms with Gasteiger partial charge in [0.2, 0.25) is 0 Å². The van der Waals surface area contributed by atoms with Gasteiger partial charge >= 0.3 is 11.8 Å². The van der Waals surface area contributed by atoms with Crippen LogP contribution in [0.4, 0.5) is 0 Å². The second-order valence-corrected chi connectivity index (χ2v) is 5.11. The van der Waals surface area contributed by atoms with Crippen LogP contribution >= 0.6 is 0 Å². The smallest absolute Gasteiger partial charge is 0.323 e. The zero-order valence-corrected chi connectivity index (χ0v) is 13.4. The maximum absolute atomic E-state index is 12.1. The molecule has 0 radical (unpaired) electrons.